The zero-order valence-electron chi connectivity index (χ0n) is 10.7. The largest absolute Gasteiger partial charge is 0.359 e. The Bertz CT molecular complexity index is 413. The van der Waals surface area contributed by atoms with Crippen LogP contribution in [0, 0.1) is 0 Å². The van der Waals surface area contributed by atoms with Crippen molar-refractivity contribution in [3.63, 3.8) is 0 Å². The van der Waals surface area contributed by atoms with E-state index in [1.165, 1.54) is 16.8 Å². The van der Waals surface area contributed by atoms with Crippen LogP contribution < -0.4 is 5.32 Å². The third-order valence-corrected chi connectivity index (χ3v) is 2.87. The normalized spacial score (nSPS) is 12.0. The number of nitrogens with one attached hydrogen (secondary N) is 1. The summed E-state index contributed by atoms with van der Waals surface area (Å²) in [4.78, 5) is 0. The molecular weight excluding hydrogens is 194 g/mol. The molecule has 0 bridgehead atoms. The van der Waals surface area contributed by atoms with Crippen LogP contribution in [0.25, 0.3) is 0 Å². The first kappa shape index (κ1) is 12.6. The Hall–Kier alpha value is -1.50. The molecular formula is C15H21N. The van der Waals surface area contributed by atoms with E-state index < -0.39 is 0 Å². The first-order valence-corrected chi connectivity index (χ1v) is 5.74. The number of aryl methyl sites for hydroxylation is 1. The van der Waals surface area contributed by atoms with Crippen LogP contribution in [0.5, 0.6) is 0 Å². The number of benzene rings is 1. The first-order valence-electron chi connectivity index (χ1n) is 5.74. The summed E-state index contributed by atoms with van der Waals surface area (Å²) in [5.41, 5.74) is 6.00. The highest BCUT2D eigenvalue weighted by molar-refractivity contribution is 5.51. The molecule has 1 aromatic carbocycles. The van der Waals surface area contributed by atoms with Gasteiger partial charge in [-0.25, -0.2) is 0 Å². The minimum absolute atomic E-state index is 1.07. The second kappa shape index (κ2) is 5.55. The van der Waals surface area contributed by atoms with E-state index in [9.17, 15) is 0 Å². The molecule has 0 fully saturated rings. The van der Waals surface area contributed by atoms with Crippen LogP contribution in [-0.2, 0) is 6.42 Å². The van der Waals surface area contributed by atoms with Crippen molar-refractivity contribution in [2.24, 2.45) is 0 Å². The van der Waals surface area contributed by atoms with E-state index in [2.05, 4.69) is 56.9 Å². The van der Waals surface area contributed by atoms with E-state index in [0.717, 1.165) is 17.7 Å². The molecule has 16 heavy (non-hydrogen) atoms. The zero-order chi connectivity index (χ0) is 12.1. The minimum Gasteiger partial charge on any atom is -0.359 e. The Morgan fingerprint density at radius 2 is 1.94 bits per heavy atom. The maximum Gasteiger partial charge on any atom is 0.0384 e. The van der Waals surface area contributed by atoms with E-state index in [1.54, 1.807) is 0 Å². The van der Waals surface area contributed by atoms with Crippen molar-refractivity contribution in [1.29, 1.82) is 0 Å². The van der Waals surface area contributed by atoms with Gasteiger partial charge in [0.05, 0.1) is 0 Å². The van der Waals surface area contributed by atoms with Gasteiger partial charge in [-0.05, 0) is 50.5 Å². The Kier molecular flexibility index (Phi) is 4.36. The lowest BCUT2D eigenvalue weighted by Gasteiger charge is -2.11. The molecule has 0 amide bonds. The van der Waals surface area contributed by atoms with Crippen LogP contribution in [0.2, 0.25) is 0 Å². The van der Waals surface area contributed by atoms with Gasteiger partial charge in [-0.3, -0.25) is 0 Å². The molecule has 1 heteroatoms. The highest BCUT2D eigenvalue weighted by atomic mass is 14.9. The number of hydrogen-bond donors (Lipinski definition) is 1. The van der Waals surface area contributed by atoms with Gasteiger partial charge >= 0.3 is 0 Å². The highest BCUT2D eigenvalue weighted by Crippen LogP contribution is 2.17. The lowest BCUT2D eigenvalue weighted by Crippen LogP contribution is -1.99. The minimum atomic E-state index is 1.07. The molecule has 0 radical (unpaired) electrons. The van der Waals surface area contributed by atoms with Gasteiger partial charge < -0.3 is 5.32 Å². The lowest BCUT2D eigenvalue weighted by atomic mass is 10.1. The molecule has 0 aliphatic heterocycles. The van der Waals surface area contributed by atoms with Gasteiger partial charge in [0.15, 0.2) is 0 Å². The van der Waals surface area contributed by atoms with E-state index in [1.807, 2.05) is 6.92 Å². The molecule has 0 saturated heterocycles. The molecule has 0 aliphatic carbocycles. The molecule has 0 aromatic heterocycles. The first-order chi connectivity index (χ1) is 7.54. The lowest BCUT2D eigenvalue weighted by molar-refractivity contribution is 1.14. The number of anilines is 1. The fourth-order valence-corrected chi connectivity index (χ4v) is 1.50. The molecule has 0 aliphatic rings. The molecule has 1 aromatic rings. The van der Waals surface area contributed by atoms with Crippen LogP contribution >= 0.6 is 0 Å². The standard InChI is InChI=1S/C15H21N/c1-6-14-8-7-9-15(10-14)16-13(5)12(4)11(2)3/h7-10,16H,2,6H2,1,3-5H3/b13-12+. The van der Waals surface area contributed by atoms with Crippen molar-refractivity contribution in [2.75, 3.05) is 5.32 Å². The number of hydrogen-bond acceptors (Lipinski definition) is 1. The summed E-state index contributed by atoms with van der Waals surface area (Å²) in [7, 11) is 0. The van der Waals surface area contributed by atoms with Crippen molar-refractivity contribution in [1.82, 2.24) is 0 Å². The highest BCUT2D eigenvalue weighted by Gasteiger charge is 1.99. The Morgan fingerprint density at radius 3 is 2.50 bits per heavy atom. The maximum atomic E-state index is 3.95. The fourth-order valence-electron chi connectivity index (χ4n) is 1.50. The van der Waals surface area contributed by atoms with Crippen molar-refractivity contribution in [3.8, 4) is 0 Å². The van der Waals surface area contributed by atoms with Crippen LogP contribution in [0.1, 0.15) is 33.3 Å². The smallest absolute Gasteiger partial charge is 0.0384 e. The molecule has 86 valence electrons. The monoisotopic (exact) mass is 215 g/mol. The Balaban J connectivity index is 2.88. The SMILES string of the molecule is C=C(C)/C(C)=C(\C)Nc1cccc(CC)c1. The predicted octanol–water partition coefficient (Wildman–Crippen LogP) is 4.53. The van der Waals surface area contributed by atoms with Crippen LogP contribution in [0.15, 0.2) is 47.7 Å². The molecule has 0 atom stereocenters. The van der Waals surface area contributed by atoms with Gasteiger partial charge in [-0.15, -0.1) is 0 Å². The third kappa shape index (κ3) is 3.27. The van der Waals surface area contributed by atoms with Crippen molar-refractivity contribution in [2.45, 2.75) is 34.1 Å². The summed E-state index contributed by atoms with van der Waals surface area (Å²) in [6.45, 7) is 12.3. The fraction of sp³-hybridized carbons (Fsp3) is 0.333. The number of allylic oxidation sites excluding steroid dienone is 3. The maximum absolute atomic E-state index is 3.95. The average Bonchev–Trinajstić information content (AvgIpc) is 2.28. The topological polar surface area (TPSA) is 12.0 Å². The second-order valence-electron chi connectivity index (χ2n) is 4.21. The molecule has 0 saturated carbocycles. The summed E-state index contributed by atoms with van der Waals surface area (Å²) >= 11 is 0. The third-order valence-electron chi connectivity index (χ3n) is 2.87. The van der Waals surface area contributed by atoms with Gasteiger partial charge in [-0.1, -0.05) is 31.2 Å². The van der Waals surface area contributed by atoms with Gasteiger partial charge in [0.25, 0.3) is 0 Å². The summed E-state index contributed by atoms with van der Waals surface area (Å²) in [5.74, 6) is 0. The molecule has 1 N–H and O–H groups in total. The van der Waals surface area contributed by atoms with Gasteiger partial charge in [0, 0.05) is 11.4 Å². The Labute approximate surface area is 98.9 Å². The Morgan fingerprint density at radius 1 is 1.25 bits per heavy atom. The average molecular weight is 215 g/mol. The van der Waals surface area contributed by atoms with E-state index >= 15 is 0 Å². The quantitative estimate of drug-likeness (QED) is 0.727. The molecule has 0 unspecified atom stereocenters. The summed E-state index contributed by atoms with van der Waals surface area (Å²) in [6, 6.07) is 8.52. The second-order valence-corrected chi connectivity index (χ2v) is 4.21. The van der Waals surface area contributed by atoms with Crippen LogP contribution in [0.4, 0.5) is 5.69 Å². The zero-order valence-corrected chi connectivity index (χ0v) is 10.7. The predicted molar refractivity (Wildman–Crippen MR) is 72.6 cm³/mol. The van der Waals surface area contributed by atoms with Gasteiger partial charge in [-0.2, -0.15) is 0 Å². The van der Waals surface area contributed by atoms with Crippen LogP contribution in [-0.4, -0.2) is 0 Å². The van der Waals surface area contributed by atoms with Crippen molar-refractivity contribution in [3.05, 3.63) is 53.3 Å². The summed E-state index contributed by atoms with van der Waals surface area (Å²) in [6.07, 6.45) is 1.07. The number of rotatable bonds is 4. The van der Waals surface area contributed by atoms with Gasteiger partial charge in [0.1, 0.15) is 0 Å². The summed E-state index contributed by atoms with van der Waals surface area (Å²) in [5, 5.41) is 3.42. The van der Waals surface area contributed by atoms with Crippen molar-refractivity contribution >= 4 is 5.69 Å². The molecule has 1 nitrogen and oxygen atoms in total. The van der Waals surface area contributed by atoms with Crippen LogP contribution in [0.3, 0.4) is 0 Å². The van der Waals surface area contributed by atoms with E-state index in [4.69, 9.17) is 0 Å². The van der Waals surface area contributed by atoms with Gasteiger partial charge in [0.2, 0.25) is 0 Å². The van der Waals surface area contributed by atoms with E-state index in [-0.39, 0.29) is 0 Å². The summed E-state index contributed by atoms with van der Waals surface area (Å²) < 4.78 is 0. The van der Waals surface area contributed by atoms with Crippen molar-refractivity contribution < 1.29 is 0 Å². The molecule has 1 rings (SSSR count). The molecule has 0 spiro atoms. The van der Waals surface area contributed by atoms with E-state index in [0.29, 0.717) is 0 Å². The molecule has 0 heterocycles.